The Hall–Kier alpha value is -0.890. The van der Waals surface area contributed by atoms with Gasteiger partial charge in [-0.05, 0) is 31.7 Å². The lowest BCUT2D eigenvalue weighted by atomic mass is 10.4. The average molecular weight is 313 g/mol. The number of aromatic amines is 1. The number of hydrogen-bond donors (Lipinski definition) is 2. The molecule has 3 rings (SSSR count). The molecular formula is C14H23N3O3S. The van der Waals surface area contributed by atoms with Gasteiger partial charge in [-0.2, -0.15) is 4.31 Å². The van der Waals surface area contributed by atoms with Crippen LogP contribution in [0, 0.1) is 0 Å². The van der Waals surface area contributed by atoms with Gasteiger partial charge in [0.15, 0.2) is 0 Å². The van der Waals surface area contributed by atoms with Crippen LogP contribution in [-0.2, 0) is 21.3 Å². The van der Waals surface area contributed by atoms with E-state index in [1.165, 1.54) is 12.8 Å². The quantitative estimate of drug-likeness (QED) is 0.715. The number of nitrogens with zero attached hydrogens (tertiary/aromatic N) is 1. The van der Waals surface area contributed by atoms with Crippen molar-refractivity contribution in [1.29, 1.82) is 0 Å². The molecule has 7 heteroatoms. The third-order valence-corrected chi connectivity index (χ3v) is 5.88. The molecule has 2 aliphatic carbocycles. The fraction of sp³-hybridized carbons (Fsp3) is 0.714. The molecule has 0 radical (unpaired) electrons. The Balaban J connectivity index is 1.69. The summed E-state index contributed by atoms with van der Waals surface area (Å²) in [5.41, 5.74) is 0.919. The summed E-state index contributed by atoms with van der Waals surface area (Å²) in [6.45, 7) is 1.54. The summed E-state index contributed by atoms with van der Waals surface area (Å²) < 4.78 is 32.0. The van der Waals surface area contributed by atoms with Gasteiger partial charge in [-0.15, -0.1) is 0 Å². The summed E-state index contributed by atoms with van der Waals surface area (Å²) in [4.78, 5) is 3.43. The fourth-order valence-corrected chi connectivity index (χ4v) is 4.08. The minimum absolute atomic E-state index is 0.146. The van der Waals surface area contributed by atoms with E-state index in [-0.39, 0.29) is 6.04 Å². The SMILES string of the molecule is COCCN(C1CC1)S(=O)(=O)c1c[nH]c(CNC2CC2)c1. The van der Waals surface area contributed by atoms with E-state index in [4.69, 9.17) is 4.74 Å². The van der Waals surface area contributed by atoms with Crippen LogP contribution >= 0.6 is 0 Å². The van der Waals surface area contributed by atoms with Crippen LogP contribution in [0.5, 0.6) is 0 Å². The fourth-order valence-electron chi connectivity index (χ4n) is 2.39. The van der Waals surface area contributed by atoms with Gasteiger partial charge in [0.25, 0.3) is 0 Å². The largest absolute Gasteiger partial charge is 0.383 e. The molecule has 118 valence electrons. The topological polar surface area (TPSA) is 74.4 Å². The third-order valence-electron chi connectivity index (χ3n) is 3.95. The van der Waals surface area contributed by atoms with Crippen LogP contribution < -0.4 is 5.32 Å². The highest BCUT2D eigenvalue weighted by atomic mass is 32.2. The zero-order valence-electron chi connectivity index (χ0n) is 12.3. The monoisotopic (exact) mass is 313 g/mol. The Morgan fingerprint density at radius 1 is 1.38 bits per heavy atom. The van der Waals surface area contributed by atoms with E-state index in [1.54, 1.807) is 23.7 Å². The molecule has 2 saturated carbocycles. The highest BCUT2D eigenvalue weighted by Crippen LogP contribution is 2.32. The first-order chi connectivity index (χ1) is 10.1. The molecule has 0 aromatic carbocycles. The van der Waals surface area contributed by atoms with Crippen molar-refractivity contribution in [1.82, 2.24) is 14.6 Å². The predicted octanol–water partition coefficient (Wildman–Crippen LogP) is 1.07. The molecule has 0 aliphatic heterocycles. The summed E-state index contributed by atoms with van der Waals surface area (Å²) in [6.07, 6.45) is 5.94. The Bertz CT molecular complexity index is 576. The molecule has 0 atom stereocenters. The van der Waals surface area contributed by atoms with Crippen molar-refractivity contribution < 1.29 is 13.2 Å². The Labute approximate surface area is 125 Å². The highest BCUT2D eigenvalue weighted by molar-refractivity contribution is 7.89. The first-order valence-corrected chi connectivity index (χ1v) is 8.96. The molecule has 1 heterocycles. The molecule has 6 nitrogen and oxygen atoms in total. The molecule has 0 amide bonds. The lowest BCUT2D eigenvalue weighted by Gasteiger charge is -2.20. The molecule has 1 aromatic heterocycles. The average Bonchev–Trinajstić information content (AvgIpc) is 3.37. The van der Waals surface area contributed by atoms with Gasteiger partial charge in [-0.25, -0.2) is 8.42 Å². The zero-order valence-corrected chi connectivity index (χ0v) is 13.2. The van der Waals surface area contributed by atoms with Crippen molar-refractivity contribution in [3.63, 3.8) is 0 Å². The number of methoxy groups -OCH3 is 1. The summed E-state index contributed by atoms with van der Waals surface area (Å²) in [5, 5.41) is 3.38. The minimum Gasteiger partial charge on any atom is -0.383 e. The molecular weight excluding hydrogens is 290 g/mol. The van der Waals surface area contributed by atoms with Gasteiger partial charge in [-0.3, -0.25) is 0 Å². The van der Waals surface area contributed by atoms with E-state index in [9.17, 15) is 8.42 Å². The van der Waals surface area contributed by atoms with Gasteiger partial charge in [0.2, 0.25) is 10.0 Å². The van der Waals surface area contributed by atoms with Crippen LogP contribution in [0.4, 0.5) is 0 Å². The number of hydrogen-bond acceptors (Lipinski definition) is 4. The number of nitrogens with one attached hydrogen (secondary N) is 2. The molecule has 21 heavy (non-hydrogen) atoms. The number of sulfonamides is 1. The number of rotatable bonds is 9. The van der Waals surface area contributed by atoms with Gasteiger partial charge in [0, 0.05) is 44.2 Å². The van der Waals surface area contributed by atoms with Crippen molar-refractivity contribution in [3.8, 4) is 0 Å². The number of aromatic nitrogens is 1. The van der Waals surface area contributed by atoms with Crippen LogP contribution in [0.15, 0.2) is 17.2 Å². The Kier molecular flexibility index (Phi) is 4.35. The molecule has 2 fully saturated rings. The van der Waals surface area contributed by atoms with Gasteiger partial charge in [0.05, 0.1) is 11.5 Å². The first kappa shape index (κ1) is 15.0. The summed E-state index contributed by atoms with van der Waals surface area (Å²) >= 11 is 0. The molecule has 0 bridgehead atoms. The van der Waals surface area contributed by atoms with Crippen LogP contribution in [0.3, 0.4) is 0 Å². The smallest absolute Gasteiger partial charge is 0.244 e. The molecule has 2 aliphatic rings. The van der Waals surface area contributed by atoms with E-state index in [0.717, 1.165) is 18.5 Å². The first-order valence-electron chi connectivity index (χ1n) is 7.52. The normalized spacial score (nSPS) is 19.3. The van der Waals surface area contributed by atoms with E-state index in [2.05, 4.69) is 10.3 Å². The maximum Gasteiger partial charge on any atom is 0.244 e. The molecule has 1 aromatic rings. The predicted molar refractivity (Wildman–Crippen MR) is 79.4 cm³/mol. The van der Waals surface area contributed by atoms with E-state index >= 15 is 0 Å². The zero-order chi connectivity index (χ0) is 14.9. The minimum atomic E-state index is -3.42. The summed E-state index contributed by atoms with van der Waals surface area (Å²) in [6, 6.07) is 2.50. The second kappa shape index (κ2) is 6.08. The van der Waals surface area contributed by atoms with E-state index in [0.29, 0.717) is 30.6 Å². The van der Waals surface area contributed by atoms with Gasteiger partial charge in [-0.1, -0.05) is 0 Å². The molecule has 0 spiro atoms. The van der Waals surface area contributed by atoms with Crippen LogP contribution in [0.25, 0.3) is 0 Å². The van der Waals surface area contributed by atoms with Gasteiger partial charge >= 0.3 is 0 Å². The second-order valence-electron chi connectivity index (χ2n) is 5.86. The van der Waals surface area contributed by atoms with Crippen molar-refractivity contribution in [2.75, 3.05) is 20.3 Å². The van der Waals surface area contributed by atoms with Crippen molar-refractivity contribution in [3.05, 3.63) is 18.0 Å². The van der Waals surface area contributed by atoms with Gasteiger partial charge < -0.3 is 15.0 Å². The van der Waals surface area contributed by atoms with E-state index < -0.39 is 10.0 Å². The summed E-state index contributed by atoms with van der Waals surface area (Å²) in [5.74, 6) is 0. The standard InChI is InChI=1S/C14H23N3O3S/c1-20-7-6-17(13-4-5-13)21(18,19)14-8-12(16-10-14)9-15-11-2-3-11/h8,10-11,13,15-16H,2-7,9H2,1H3. The van der Waals surface area contributed by atoms with Gasteiger partial charge in [0.1, 0.15) is 0 Å². The maximum atomic E-state index is 12.7. The summed E-state index contributed by atoms with van der Waals surface area (Å²) in [7, 11) is -1.82. The number of ether oxygens (including phenoxy) is 1. The highest BCUT2D eigenvalue weighted by Gasteiger charge is 2.38. The molecule has 0 saturated heterocycles. The van der Waals surface area contributed by atoms with E-state index in [1.807, 2.05) is 0 Å². The maximum absolute atomic E-state index is 12.7. The number of H-pyrrole nitrogens is 1. The van der Waals surface area contributed by atoms with Crippen LogP contribution in [0.1, 0.15) is 31.4 Å². The third kappa shape index (κ3) is 3.66. The Morgan fingerprint density at radius 2 is 2.14 bits per heavy atom. The molecule has 2 N–H and O–H groups in total. The van der Waals surface area contributed by atoms with Crippen molar-refractivity contribution in [2.45, 2.75) is 49.2 Å². The lowest BCUT2D eigenvalue weighted by Crippen LogP contribution is -2.35. The van der Waals surface area contributed by atoms with Crippen LogP contribution in [-0.4, -0.2) is 50.1 Å². The molecule has 0 unspecified atom stereocenters. The lowest BCUT2D eigenvalue weighted by molar-refractivity contribution is 0.177. The Morgan fingerprint density at radius 3 is 2.76 bits per heavy atom. The van der Waals surface area contributed by atoms with Crippen LogP contribution in [0.2, 0.25) is 0 Å². The van der Waals surface area contributed by atoms with Crippen molar-refractivity contribution in [2.24, 2.45) is 0 Å². The second-order valence-corrected chi connectivity index (χ2v) is 7.75. The van der Waals surface area contributed by atoms with Crippen molar-refractivity contribution >= 4 is 10.0 Å².